The van der Waals surface area contributed by atoms with Gasteiger partial charge in [0.15, 0.2) is 0 Å². The molecule has 0 spiro atoms. The average Bonchev–Trinajstić information content (AvgIpc) is 3.30. The van der Waals surface area contributed by atoms with Crippen LogP contribution in [0.2, 0.25) is 5.02 Å². The van der Waals surface area contributed by atoms with Gasteiger partial charge in [-0.25, -0.2) is 14.4 Å². The van der Waals surface area contributed by atoms with E-state index in [1.54, 1.807) is 109 Å². The Morgan fingerprint density at radius 3 is 2.08 bits per heavy atom. The number of nitrogens with one attached hydrogen (secondary N) is 4. The molecule has 4 N–H and O–H groups in total. The predicted molar refractivity (Wildman–Crippen MR) is 280 cm³/mol. The molecule has 0 unspecified atom stereocenters. The first kappa shape index (κ1) is 56.5. The quantitative estimate of drug-likeness (QED) is 0.0307. The summed E-state index contributed by atoms with van der Waals surface area (Å²) < 4.78 is 28.5. The van der Waals surface area contributed by atoms with Crippen molar-refractivity contribution in [2.75, 3.05) is 27.3 Å². The molecule has 4 bridgehead atoms. The third kappa shape index (κ3) is 15.8. The van der Waals surface area contributed by atoms with E-state index in [2.05, 4.69) is 43.9 Å². The lowest BCUT2D eigenvalue weighted by atomic mass is 9.93. The van der Waals surface area contributed by atoms with Crippen LogP contribution in [-0.4, -0.2) is 103 Å². The van der Waals surface area contributed by atoms with Gasteiger partial charge in [-0.05, 0) is 168 Å². The van der Waals surface area contributed by atoms with Gasteiger partial charge in [-0.15, -0.1) is 0 Å². The zero-order valence-electron chi connectivity index (χ0n) is 42.2. The van der Waals surface area contributed by atoms with E-state index in [9.17, 15) is 28.8 Å². The lowest BCUT2D eigenvalue weighted by Gasteiger charge is -2.33. The first-order valence-corrected chi connectivity index (χ1v) is 24.9. The highest BCUT2D eigenvalue weighted by Gasteiger charge is 2.37. The second-order valence-electron chi connectivity index (χ2n) is 19.1. The highest BCUT2D eigenvalue weighted by atomic mass is 127. The van der Waals surface area contributed by atoms with E-state index in [1.807, 2.05) is 12.1 Å². The van der Waals surface area contributed by atoms with E-state index in [0.29, 0.717) is 43.9 Å². The lowest BCUT2D eigenvalue weighted by molar-refractivity contribution is -0.145. The monoisotopic (exact) mass is 1120 g/mol. The van der Waals surface area contributed by atoms with Gasteiger partial charge >= 0.3 is 18.2 Å². The number of fused-ring (bicyclic) bond motifs is 5. The Hall–Kier alpha value is -6.41. The molecule has 386 valence electrons. The Morgan fingerprint density at radius 1 is 0.833 bits per heavy atom. The number of hydrogen-bond acceptors (Lipinski definition) is 12. The van der Waals surface area contributed by atoms with Crippen LogP contribution in [0.3, 0.4) is 0 Å². The standard InChI is InChI=1S/C53H63ClIN5O12/c1-11-69-44-38-28-35(29-39(44)55)43(47(63)57-30(2)45(61)59-41(49(65)68-10)27-31-15-24-42(37(38)26-31)70-51(67)72-53(6,7)8)60(9)48(64)40(14-12-13-25-56-50(66)71-52(3,4)5)58-46(62)34-18-16-32(17-19-34)33-20-22-36(54)23-21-33/h15-24,26,28-30,40-41,43H,11-14,25,27H2,1-10H3,(H,56,66)(H,57,63)(H,58,62)(H,59,61)/t30-,40-,41-,43-/m0/s1. The van der Waals surface area contributed by atoms with Crippen molar-refractivity contribution in [3.05, 3.63) is 104 Å². The van der Waals surface area contributed by atoms with Crippen molar-refractivity contribution in [1.82, 2.24) is 26.2 Å². The van der Waals surface area contributed by atoms with Crippen molar-refractivity contribution in [2.45, 2.75) is 116 Å². The molecule has 0 aromatic heterocycles. The molecule has 4 aromatic rings. The predicted octanol–water partition coefficient (Wildman–Crippen LogP) is 8.70. The van der Waals surface area contributed by atoms with Crippen LogP contribution in [-0.2, 0) is 39.8 Å². The van der Waals surface area contributed by atoms with Crippen LogP contribution in [0.1, 0.15) is 102 Å². The molecule has 4 aromatic carbocycles. The first-order valence-electron chi connectivity index (χ1n) is 23.5. The van der Waals surface area contributed by atoms with E-state index >= 15 is 4.79 Å². The number of unbranched alkanes of at least 4 members (excludes halogenated alkanes) is 1. The number of rotatable bonds is 14. The molecule has 72 heavy (non-hydrogen) atoms. The number of carbonyl (C=O) groups excluding carboxylic acids is 7. The number of ether oxygens (including phenoxy) is 5. The normalized spacial score (nSPS) is 16.4. The Labute approximate surface area is 438 Å². The molecule has 5 amide bonds. The third-order valence-corrected chi connectivity index (χ3v) is 12.1. The van der Waals surface area contributed by atoms with E-state index < -0.39 is 77.2 Å². The summed E-state index contributed by atoms with van der Waals surface area (Å²) >= 11 is 8.16. The topological polar surface area (TPSA) is 217 Å². The molecule has 0 saturated carbocycles. The van der Waals surface area contributed by atoms with Gasteiger partial charge < -0.3 is 49.9 Å². The number of amides is 5. The minimum atomic E-state index is -1.47. The summed E-state index contributed by atoms with van der Waals surface area (Å²) in [5.74, 6) is -3.09. The van der Waals surface area contributed by atoms with Crippen molar-refractivity contribution in [2.24, 2.45) is 0 Å². The zero-order valence-corrected chi connectivity index (χ0v) is 45.1. The third-order valence-electron chi connectivity index (χ3n) is 11.1. The maximum absolute atomic E-state index is 15.1. The molecule has 1 aliphatic rings. The highest BCUT2D eigenvalue weighted by molar-refractivity contribution is 14.1. The fourth-order valence-electron chi connectivity index (χ4n) is 7.71. The van der Waals surface area contributed by atoms with Gasteiger partial charge in [0.2, 0.25) is 17.7 Å². The van der Waals surface area contributed by atoms with Crippen LogP contribution in [0.15, 0.2) is 78.9 Å². The van der Waals surface area contributed by atoms with Crippen LogP contribution in [0.25, 0.3) is 22.3 Å². The molecule has 0 fully saturated rings. The van der Waals surface area contributed by atoms with E-state index in [1.165, 1.54) is 32.0 Å². The zero-order chi connectivity index (χ0) is 53.1. The van der Waals surface area contributed by atoms with Crippen molar-refractivity contribution in [3.8, 4) is 33.8 Å². The van der Waals surface area contributed by atoms with Crippen LogP contribution >= 0.6 is 34.2 Å². The van der Waals surface area contributed by atoms with Crippen LogP contribution in [0, 0.1) is 3.57 Å². The van der Waals surface area contributed by atoms with Crippen molar-refractivity contribution >= 4 is 76.0 Å². The number of hydrogen-bond donors (Lipinski definition) is 4. The molecule has 1 aliphatic heterocycles. The Morgan fingerprint density at radius 2 is 1.47 bits per heavy atom. The number of halogens is 2. The summed E-state index contributed by atoms with van der Waals surface area (Å²) in [6.07, 6.45) is -0.844. The van der Waals surface area contributed by atoms with Gasteiger partial charge in [0, 0.05) is 41.7 Å². The van der Waals surface area contributed by atoms with Gasteiger partial charge in [0.1, 0.15) is 46.9 Å². The second-order valence-corrected chi connectivity index (χ2v) is 20.7. The molecular weight excluding hydrogens is 1060 g/mol. The largest absolute Gasteiger partial charge is 0.514 e. The highest BCUT2D eigenvalue weighted by Crippen LogP contribution is 2.43. The summed E-state index contributed by atoms with van der Waals surface area (Å²) in [5, 5.41) is 11.6. The molecule has 4 atom stereocenters. The van der Waals surface area contributed by atoms with Gasteiger partial charge in [0.05, 0.1) is 17.3 Å². The van der Waals surface area contributed by atoms with Gasteiger partial charge in [-0.3, -0.25) is 19.2 Å². The Balaban J connectivity index is 1.61. The first-order chi connectivity index (χ1) is 33.9. The molecule has 0 saturated heterocycles. The van der Waals surface area contributed by atoms with Gasteiger partial charge in [-0.1, -0.05) is 41.9 Å². The average molecular weight is 1120 g/mol. The fraction of sp³-hybridized carbons (Fsp3) is 0.415. The van der Waals surface area contributed by atoms with Crippen LogP contribution < -0.4 is 30.7 Å². The summed E-state index contributed by atoms with van der Waals surface area (Å²) in [6.45, 7) is 14.0. The van der Waals surface area contributed by atoms with Crippen molar-refractivity contribution in [1.29, 1.82) is 0 Å². The van der Waals surface area contributed by atoms with Crippen LogP contribution in [0.4, 0.5) is 9.59 Å². The number of nitrogens with zero attached hydrogens (tertiary/aromatic N) is 1. The molecule has 1 heterocycles. The summed E-state index contributed by atoms with van der Waals surface area (Å²) in [5.41, 5.74) is 1.79. The minimum absolute atomic E-state index is 0.0387. The van der Waals surface area contributed by atoms with E-state index in [-0.39, 0.29) is 42.9 Å². The number of alkyl carbamates (subject to hydrolysis) is 1. The maximum Gasteiger partial charge on any atom is 0.514 e. The number of likely N-dealkylation sites (N-methyl/N-ethyl adjacent to an activating group) is 1. The fourth-order valence-corrected chi connectivity index (χ4v) is 8.64. The minimum Gasteiger partial charge on any atom is -0.492 e. The smallest absolute Gasteiger partial charge is 0.492 e. The molecule has 19 heteroatoms. The van der Waals surface area contributed by atoms with Crippen molar-refractivity contribution in [3.63, 3.8) is 0 Å². The molecule has 5 rings (SSSR count). The number of methoxy groups -OCH3 is 1. The Bertz CT molecular complexity index is 2630. The van der Waals surface area contributed by atoms with Crippen LogP contribution in [0.5, 0.6) is 11.5 Å². The van der Waals surface area contributed by atoms with Crippen molar-refractivity contribution < 1.29 is 57.2 Å². The summed E-state index contributed by atoms with van der Waals surface area (Å²) in [6, 6.07) is 17.1. The van der Waals surface area contributed by atoms with E-state index in [0.717, 1.165) is 11.1 Å². The van der Waals surface area contributed by atoms with Gasteiger partial charge in [-0.2, -0.15) is 0 Å². The lowest BCUT2D eigenvalue weighted by Crippen LogP contribution is -2.55. The molecule has 0 aliphatic carbocycles. The number of benzene rings is 4. The second kappa shape index (κ2) is 24.8. The number of esters is 1. The summed E-state index contributed by atoms with van der Waals surface area (Å²) in [7, 11) is 2.60. The molecule has 0 radical (unpaired) electrons. The van der Waals surface area contributed by atoms with Gasteiger partial charge in [0.25, 0.3) is 5.91 Å². The summed E-state index contributed by atoms with van der Waals surface area (Å²) in [4.78, 5) is 97.9. The SMILES string of the molecule is CCOc1c(I)cc2cc1-c1cc(ccc1OC(=O)OC(C)(C)C)C[C@@H](C(=O)OC)NC(=O)[C@H](C)NC(=O)[C@H]2N(C)C(=O)[C@H](CCCCNC(=O)OC(C)(C)C)NC(=O)c1ccc(-c2ccc(Cl)cc2)cc1. The molecular formula is C53H63ClIN5O12. The van der Waals surface area contributed by atoms with E-state index in [4.69, 9.17) is 35.3 Å². The Kier molecular flexibility index (Phi) is 19.5. The number of carbonyl (C=O) groups is 7. The maximum atomic E-state index is 15.1. The molecule has 17 nitrogen and oxygen atoms in total.